The largest absolute Gasteiger partial charge is 0.396 e. The van der Waals surface area contributed by atoms with Gasteiger partial charge in [-0.1, -0.05) is 43.3 Å². The molecule has 3 rings (SSSR count). The van der Waals surface area contributed by atoms with Gasteiger partial charge >= 0.3 is 0 Å². The maximum absolute atomic E-state index is 12.7. The minimum Gasteiger partial charge on any atom is -0.396 e. The number of rotatable bonds is 7. The van der Waals surface area contributed by atoms with Crippen LogP contribution in [0.15, 0.2) is 48.5 Å². The molecule has 0 saturated carbocycles. The number of ether oxygens (including phenoxy) is 1. The van der Waals surface area contributed by atoms with E-state index in [9.17, 15) is 4.79 Å². The highest BCUT2D eigenvalue weighted by atomic mass is 32.2. The molecule has 1 heterocycles. The summed E-state index contributed by atoms with van der Waals surface area (Å²) >= 11 is 1.73. The molecule has 1 atom stereocenters. The Kier molecular flexibility index (Phi) is 7.33. The van der Waals surface area contributed by atoms with Gasteiger partial charge < -0.3 is 14.7 Å². The molecule has 0 aromatic heterocycles. The number of hydrogen-bond donors (Lipinski definition) is 1. The van der Waals surface area contributed by atoms with Gasteiger partial charge in [-0.25, -0.2) is 0 Å². The topological polar surface area (TPSA) is 49.8 Å². The average Bonchev–Trinajstić information content (AvgIpc) is 2.74. The van der Waals surface area contributed by atoms with Gasteiger partial charge in [0.15, 0.2) is 0 Å². The van der Waals surface area contributed by atoms with Crippen molar-refractivity contribution >= 4 is 17.7 Å². The first-order chi connectivity index (χ1) is 13.2. The number of benzene rings is 2. The number of carbonyl (C=O) groups excluding carboxylic acids is 1. The molecular weight excluding hydrogens is 358 g/mol. The second kappa shape index (κ2) is 9.93. The minimum atomic E-state index is 0.0829. The van der Waals surface area contributed by atoms with Crippen LogP contribution in [0.25, 0.3) is 11.1 Å². The van der Waals surface area contributed by atoms with Crippen molar-refractivity contribution in [3.8, 4) is 11.1 Å². The van der Waals surface area contributed by atoms with Gasteiger partial charge in [0.05, 0.1) is 19.3 Å². The van der Waals surface area contributed by atoms with Crippen LogP contribution >= 0.6 is 11.8 Å². The highest BCUT2D eigenvalue weighted by Crippen LogP contribution is 2.23. The molecular formula is C22H27NO3S. The molecule has 1 amide bonds. The number of nitrogens with zero attached hydrogens (tertiary/aromatic N) is 1. The summed E-state index contributed by atoms with van der Waals surface area (Å²) < 4.78 is 5.65. The van der Waals surface area contributed by atoms with Crippen molar-refractivity contribution < 1.29 is 14.6 Å². The second-order valence-electron chi connectivity index (χ2n) is 6.70. The van der Waals surface area contributed by atoms with E-state index in [1.165, 1.54) is 5.56 Å². The highest BCUT2D eigenvalue weighted by molar-refractivity contribution is 7.98. The lowest BCUT2D eigenvalue weighted by Crippen LogP contribution is -2.45. The van der Waals surface area contributed by atoms with E-state index in [0.29, 0.717) is 19.7 Å². The summed E-state index contributed by atoms with van der Waals surface area (Å²) in [5, 5.41) is 8.85. The summed E-state index contributed by atoms with van der Waals surface area (Å²) in [6, 6.07) is 16.3. The fourth-order valence-corrected chi connectivity index (χ4v) is 3.89. The van der Waals surface area contributed by atoms with Gasteiger partial charge in [0.2, 0.25) is 0 Å². The zero-order valence-corrected chi connectivity index (χ0v) is 16.6. The Bertz CT molecular complexity index is 730. The third-order valence-corrected chi connectivity index (χ3v) is 5.81. The Hall–Kier alpha value is -1.82. The molecule has 1 saturated heterocycles. The molecule has 1 N–H and O–H groups in total. The second-order valence-corrected chi connectivity index (χ2v) is 7.81. The highest BCUT2D eigenvalue weighted by Gasteiger charge is 2.23. The molecule has 5 heteroatoms. The maximum Gasteiger partial charge on any atom is 0.254 e. The zero-order chi connectivity index (χ0) is 19.1. The smallest absolute Gasteiger partial charge is 0.254 e. The van der Waals surface area contributed by atoms with Gasteiger partial charge in [-0.15, -0.1) is 0 Å². The first-order valence-corrected chi connectivity index (χ1v) is 10.7. The van der Waals surface area contributed by atoms with Crippen molar-refractivity contribution in [1.29, 1.82) is 0 Å². The van der Waals surface area contributed by atoms with E-state index in [1.807, 2.05) is 29.2 Å². The van der Waals surface area contributed by atoms with Gasteiger partial charge in [-0.05, 0) is 35.2 Å². The van der Waals surface area contributed by atoms with E-state index >= 15 is 0 Å². The number of thioether (sulfide) groups is 1. The van der Waals surface area contributed by atoms with E-state index in [1.54, 1.807) is 11.8 Å². The Labute approximate surface area is 165 Å². The summed E-state index contributed by atoms with van der Waals surface area (Å²) in [6.07, 6.45) is 1.08. The number of carbonyl (C=O) groups is 1. The summed E-state index contributed by atoms with van der Waals surface area (Å²) in [7, 11) is 0. The summed E-state index contributed by atoms with van der Waals surface area (Å²) in [6.45, 7) is 4.26. The van der Waals surface area contributed by atoms with Crippen LogP contribution < -0.4 is 0 Å². The third-order valence-electron chi connectivity index (χ3n) is 4.80. The van der Waals surface area contributed by atoms with Crippen LogP contribution in [0.2, 0.25) is 0 Å². The molecule has 2 aromatic carbocycles. The summed E-state index contributed by atoms with van der Waals surface area (Å²) in [5.74, 6) is 1.76. The normalized spacial score (nSPS) is 17.1. The monoisotopic (exact) mass is 385 g/mol. The quantitative estimate of drug-likeness (QED) is 0.736. The van der Waals surface area contributed by atoms with Crippen LogP contribution in [0.4, 0.5) is 0 Å². The average molecular weight is 386 g/mol. The SMILES string of the molecule is CC[C@@H]1CN(C(=O)c2ccc(-c3ccc(CSCCO)cc3)cc2)CCO1. The van der Waals surface area contributed by atoms with Crippen LogP contribution in [0.5, 0.6) is 0 Å². The number of aliphatic hydroxyl groups excluding tert-OH is 1. The molecule has 1 aliphatic rings. The molecule has 0 aliphatic carbocycles. The first-order valence-electron chi connectivity index (χ1n) is 9.50. The van der Waals surface area contributed by atoms with Gasteiger partial charge in [0.25, 0.3) is 5.91 Å². The van der Waals surface area contributed by atoms with E-state index in [4.69, 9.17) is 9.84 Å². The molecule has 27 heavy (non-hydrogen) atoms. The third kappa shape index (κ3) is 5.34. The summed E-state index contributed by atoms with van der Waals surface area (Å²) in [5.41, 5.74) is 4.23. The molecule has 0 radical (unpaired) electrons. The molecule has 0 spiro atoms. The van der Waals surface area contributed by atoms with Gasteiger partial charge in [0, 0.05) is 30.2 Å². The fourth-order valence-electron chi connectivity index (χ4n) is 3.19. The summed E-state index contributed by atoms with van der Waals surface area (Å²) in [4.78, 5) is 14.6. The van der Waals surface area contributed by atoms with E-state index in [2.05, 4.69) is 31.2 Å². The lowest BCUT2D eigenvalue weighted by molar-refractivity contribution is -0.0226. The number of hydrogen-bond acceptors (Lipinski definition) is 4. The van der Waals surface area contributed by atoms with Crippen LogP contribution in [0.3, 0.4) is 0 Å². The molecule has 144 valence electrons. The maximum atomic E-state index is 12.7. The van der Waals surface area contributed by atoms with E-state index in [-0.39, 0.29) is 18.6 Å². The van der Waals surface area contributed by atoms with Gasteiger partial charge in [0.1, 0.15) is 0 Å². The Balaban J connectivity index is 1.63. The van der Waals surface area contributed by atoms with E-state index < -0.39 is 0 Å². The van der Waals surface area contributed by atoms with Gasteiger partial charge in [-0.3, -0.25) is 4.79 Å². The van der Waals surface area contributed by atoms with Crippen LogP contribution in [-0.2, 0) is 10.5 Å². The van der Waals surface area contributed by atoms with Crippen molar-refractivity contribution in [2.24, 2.45) is 0 Å². The van der Waals surface area contributed by atoms with Crippen LogP contribution in [-0.4, -0.2) is 54.1 Å². The number of aliphatic hydroxyl groups is 1. The van der Waals surface area contributed by atoms with Crippen LogP contribution in [0.1, 0.15) is 29.3 Å². The molecule has 1 fully saturated rings. The van der Waals surface area contributed by atoms with Crippen LogP contribution in [0, 0.1) is 0 Å². The zero-order valence-electron chi connectivity index (χ0n) is 15.8. The Morgan fingerprint density at radius 2 is 1.81 bits per heavy atom. The first kappa shape index (κ1) is 19.9. The predicted octanol–water partition coefficient (Wildman–Crippen LogP) is 3.83. The Morgan fingerprint density at radius 1 is 1.15 bits per heavy atom. The van der Waals surface area contributed by atoms with Crippen molar-refractivity contribution in [2.45, 2.75) is 25.2 Å². The fraction of sp³-hybridized carbons (Fsp3) is 0.409. The van der Waals surface area contributed by atoms with Crippen molar-refractivity contribution in [1.82, 2.24) is 4.90 Å². The standard InChI is InChI=1S/C22H27NO3S/c1-2-21-15-23(11-13-26-21)22(25)20-9-7-19(8-10-20)18-5-3-17(4-6-18)16-27-14-12-24/h3-10,21,24H,2,11-16H2,1H3/t21-/m1/s1. The molecule has 1 aliphatic heterocycles. The molecule has 4 nitrogen and oxygen atoms in total. The molecule has 2 aromatic rings. The molecule has 0 bridgehead atoms. The van der Waals surface area contributed by atoms with Crippen molar-refractivity contribution in [3.63, 3.8) is 0 Å². The van der Waals surface area contributed by atoms with Crippen molar-refractivity contribution in [2.75, 3.05) is 32.1 Å². The van der Waals surface area contributed by atoms with Crippen molar-refractivity contribution in [3.05, 3.63) is 59.7 Å². The minimum absolute atomic E-state index is 0.0829. The predicted molar refractivity (Wildman–Crippen MR) is 111 cm³/mol. The number of amides is 1. The van der Waals surface area contributed by atoms with Gasteiger partial charge in [-0.2, -0.15) is 11.8 Å². The molecule has 0 unspecified atom stereocenters. The Morgan fingerprint density at radius 3 is 2.44 bits per heavy atom. The lowest BCUT2D eigenvalue weighted by atomic mass is 10.0. The van der Waals surface area contributed by atoms with E-state index in [0.717, 1.165) is 34.6 Å². The lowest BCUT2D eigenvalue weighted by Gasteiger charge is -2.32. The number of morpholine rings is 1.